The molecule has 0 saturated heterocycles. The Morgan fingerprint density at radius 2 is 1.78 bits per heavy atom. The Kier molecular flexibility index (Phi) is 3.58. The molecule has 0 radical (unpaired) electrons. The van der Waals surface area contributed by atoms with E-state index in [-0.39, 0.29) is 6.04 Å². The number of hydrogen-bond donors (Lipinski definition) is 1. The van der Waals surface area contributed by atoms with Crippen molar-refractivity contribution in [1.82, 2.24) is 0 Å². The van der Waals surface area contributed by atoms with Gasteiger partial charge >= 0.3 is 0 Å². The molecule has 1 unspecified atom stereocenters. The van der Waals surface area contributed by atoms with Gasteiger partial charge in [0, 0.05) is 5.56 Å². The molecule has 1 aromatic carbocycles. The van der Waals surface area contributed by atoms with E-state index < -0.39 is 0 Å². The van der Waals surface area contributed by atoms with E-state index >= 15 is 0 Å². The Morgan fingerprint density at radius 1 is 1.06 bits per heavy atom. The van der Waals surface area contributed by atoms with E-state index in [1.54, 1.807) is 20.5 Å². The summed E-state index contributed by atoms with van der Waals surface area (Å²) in [5, 5.41) is 0. The average molecular weight is 247 g/mol. The fourth-order valence-electron chi connectivity index (χ4n) is 1.87. The van der Waals surface area contributed by atoms with E-state index in [1.807, 2.05) is 31.2 Å². The van der Waals surface area contributed by atoms with E-state index in [4.69, 9.17) is 19.6 Å². The SMILES string of the molecule is COc1ccc(C(N)c2coc(C)c2)cc1OC. The molecule has 2 aromatic rings. The van der Waals surface area contributed by atoms with Gasteiger partial charge in [0.05, 0.1) is 26.5 Å². The van der Waals surface area contributed by atoms with Crippen molar-refractivity contribution in [3.05, 3.63) is 47.4 Å². The van der Waals surface area contributed by atoms with Crippen LogP contribution in [-0.2, 0) is 0 Å². The molecule has 0 spiro atoms. The average Bonchev–Trinajstić information content (AvgIpc) is 2.83. The van der Waals surface area contributed by atoms with Crippen LogP contribution in [0.4, 0.5) is 0 Å². The van der Waals surface area contributed by atoms with E-state index in [0.717, 1.165) is 16.9 Å². The molecule has 0 aliphatic carbocycles. The molecule has 1 aromatic heterocycles. The standard InChI is InChI=1S/C14H17NO3/c1-9-6-11(8-18-9)14(15)10-4-5-12(16-2)13(7-10)17-3/h4-8,14H,15H2,1-3H3. The topological polar surface area (TPSA) is 57.6 Å². The van der Waals surface area contributed by atoms with Crippen molar-refractivity contribution in [3.8, 4) is 11.5 Å². The van der Waals surface area contributed by atoms with Gasteiger partial charge in [-0.3, -0.25) is 0 Å². The molecule has 0 saturated carbocycles. The summed E-state index contributed by atoms with van der Waals surface area (Å²) in [6, 6.07) is 7.35. The fraction of sp³-hybridized carbons (Fsp3) is 0.286. The molecule has 4 heteroatoms. The van der Waals surface area contributed by atoms with E-state index in [9.17, 15) is 0 Å². The van der Waals surface area contributed by atoms with Gasteiger partial charge in [0.2, 0.25) is 0 Å². The van der Waals surface area contributed by atoms with Crippen LogP contribution in [0.1, 0.15) is 22.9 Å². The molecule has 0 amide bonds. The summed E-state index contributed by atoms with van der Waals surface area (Å²) in [7, 11) is 3.21. The van der Waals surface area contributed by atoms with Crippen LogP contribution in [-0.4, -0.2) is 14.2 Å². The second-order valence-electron chi connectivity index (χ2n) is 4.08. The zero-order chi connectivity index (χ0) is 13.1. The van der Waals surface area contributed by atoms with Gasteiger partial charge in [0.15, 0.2) is 11.5 Å². The zero-order valence-electron chi connectivity index (χ0n) is 10.8. The molecule has 0 fully saturated rings. The molecular formula is C14H17NO3. The van der Waals surface area contributed by atoms with E-state index in [2.05, 4.69) is 0 Å². The lowest BCUT2D eigenvalue weighted by molar-refractivity contribution is 0.354. The zero-order valence-corrected chi connectivity index (χ0v) is 10.8. The first-order valence-electron chi connectivity index (χ1n) is 5.68. The number of hydrogen-bond acceptors (Lipinski definition) is 4. The highest BCUT2D eigenvalue weighted by Gasteiger charge is 2.14. The summed E-state index contributed by atoms with van der Waals surface area (Å²) in [6.07, 6.45) is 1.68. The van der Waals surface area contributed by atoms with Crippen LogP contribution in [0, 0.1) is 6.92 Å². The van der Waals surface area contributed by atoms with E-state index in [1.165, 1.54) is 0 Å². The van der Waals surface area contributed by atoms with Crippen LogP contribution in [0.25, 0.3) is 0 Å². The first kappa shape index (κ1) is 12.5. The van der Waals surface area contributed by atoms with Crippen molar-refractivity contribution in [2.75, 3.05) is 14.2 Å². The van der Waals surface area contributed by atoms with Crippen LogP contribution in [0.15, 0.2) is 34.9 Å². The van der Waals surface area contributed by atoms with Crippen molar-refractivity contribution in [3.63, 3.8) is 0 Å². The Balaban J connectivity index is 2.33. The number of rotatable bonds is 4. The lowest BCUT2D eigenvalue weighted by atomic mass is 10.0. The van der Waals surface area contributed by atoms with Gasteiger partial charge in [-0.2, -0.15) is 0 Å². The molecular weight excluding hydrogens is 230 g/mol. The van der Waals surface area contributed by atoms with Crippen molar-refractivity contribution in [2.45, 2.75) is 13.0 Å². The first-order valence-corrected chi connectivity index (χ1v) is 5.68. The van der Waals surface area contributed by atoms with Gasteiger partial charge in [-0.05, 0) is 30.7 Å². The van der Waals surface area contributed by atoms with Crippen LogP contribution in [0.2, 0.25) is 0 Å². The Bertz CT molecular complexity index is 534. The molecule has 1 atom stereocenters. The number of aryl methyl sites for hydroxylation is 1. The van der Waals surface area contributed by atoms with Gasteiger partial charge < -0.3 is 19.6 Å². The minimum atomic E-state index is -0.234. The molecule has 4 nitrogen and oxygen atoms in total. The summed E-state index contributed by atoms with van der Waals surface area (Å²) in [5.74, 6) is 2.21. The third kappa shape index (κ3) is 2.33. The quantitative estimate of drug-likeness (QED) is 0.902. The molecule has 2 rings (SSSR count). The van der Waals surface area contributed by atoms with Crippen molar-refractivity contribution >= 4 is 0 Å². The second kappa shape index (κ2) is 5.14. The maximum Gasteiger partial charge on any atom is 0.161 e. The monoisotopic (exact) mass is 247 g/mol. The Labute approximate surface area is 106 Å². The van der Waals surface area contributed by atoms with Crippen molar-refractivity contribution in [2.24, 2.45) is 5.73 Å². The summed E-state index contributed by atoms with van der Waals surface area (Å²) in [4.78, 5) is 0. The highest BCUT2D eigenvalue weighted by Crippen LogP contribution is 2.31. The molecule has 0 aliphatic rings. The van der Waals surface area contributed by atoms with Gasteiger partial charge in [0.1, 0.15) is 5.76 Å². The Morgan fingerprint density at radius 3 is 2.33 bits per heavy atom. The van der Waals surface area contributed by atoms with Crippen molar-refractivity contribution in [1.29, 1.82) is 0 Å². The summed E-state index contributed by atoms with van der Waals surface area (Å²) in [6.45, 7) is 1.89. The number of benzene rings is 1. The third-order valence-electron chi connectivity index (χ3n) is 2.88. The van der Waals surface area contributed by atoms with Gasteiger partial charge in [-0.1, -0.05) is 6.07 Å². The van der Waals surface area contributed by atoms with Crippen molar-refractivity contribution < 1.29 is 13.9 Å². The normalized spacial score (nSPS) is 12.2. The molecule has 1 heterocycles. The first-order chi connectivity index (χ1) is 8.65. The van der Waals surface area contributed by atoms with E-state index in [0.29, 0.717) is 11.5 Å². The molecule has 96 valence electrons. The summed E-state index contributed by atoms with van der Waals surface area (Å²) < 4.78 is 15.7. The fourth-order valence-corrected chi connectivity index (χ4v) is 1.87. The minimum Gasteiger partial charge on any atom is -0.493 e. The summed E-state index contributed by atoms with van der Waals surface area (Å²) in [5.41, 5.74) is 8.08. The maximum atomic E-state index is 6.19. The van der Waals surface area contributed by atoms with Crippen LogP contribution in [0.5, 0.6) is 11.5 Å². The lowest BCUT2D eigenvalue weighted by Gasteiger charge is -2.13. The summed E-state index contributed by atoms with van der Waals surface area (Å²) >= 11 is 0. The highest BCUT2D eigenvalue weighted by atomic mass is 16.5. The minimum absolute atomic E-state index is 0.234. The third-order valence-corrected chi connectivity index (χ3v) is 2.88. The molecule has 0 aliphatic heterocycles. The van der Waals surface area contributed by atoms with Gasteiger partial charge in [-0.25, -0.2) is 0 Å². The molecule has 2 N–H and O–H groups in total. The smallest absolute Gasteiger partial charge is 0.161 e. The number of methoxy groups -OCH3 is 2. The lowest BCUT2D eigenvalue weighted by Crippen LogP contribution is -2.11. The Hall–Kier alpha value is -1.94. The second-order valence-corrected chi connectivity index (χ2v) is 4.08. The van der Waals surface area contributed by atoms with Gasteiger partial charge in [0.25, 0.3) is 0 Å². The van der Waals surface area contributed by atoms with Crippen LogP contribution < -0.4 is 15.2 Å². The highest BCUT2D eigenvalue weighted by molar-refractivity contribution is 5.45. The maximum absolute atomic E-state index is 6.19. The number of ether oxygens (including phenoxy) is 2. The van der Waals surface area contributed by atoms with Gasteiger partial charge in [-0.15, -0.1) is 0 Å². The van der Waals surface area contributed by atoms with Crippen LogP contribution >= 0.6 is 0 Å². The molecule has 0 bridgehead atoms. The molecule has 18 heavy (non-hydrogen) atoms. The number of furan rings is 1. The number of nitrogens with two attached hydrogens (primary N) is 1. The van der Waals surface area contributed by atoms with Crippen LogP contribution in [0.3, 0.4) is 0 Å². The largest absolute Gasteiger partial charge is 0.493 e. The predicted molar refractivity (Wildman–Crippen MR) is 69.0 cm³/mol. The predicted octanol–water partition coefficient (Wildman–Crippen LogP) is 2.65.